The molecule has 0 aromatic rings. The second-order valence-electron chi connectivity index (χ2n) is 13.8. The van der Waals surface area contributed by atoms with E-state index < -0.39 is 89.0 Å². The molecule has 0 saturated carbocycles. The molecule has 2 fully saturated rings. The second-order valence-corrected chi connectivity index (χ2v) is 13.8. The molecule has 274 valence electrons. The lowest BCUT2D eigenvalue weighted by Crippen LogP contribution is -2.58. The third-order valence-corrected chi connectivity index (χ3v) is 9.85. The zero-order valence-electron chi connectivity index (χ0n) is 29.9. The number of methoxy groups -OCH3 is 2. The Kier molecular flexibility index (Phi) is 15.2. The highest BCUT2D eigenvalue weighted by Gasteiger charge is 2.51. The molecule has 0 amide bonds. The van der Waals surface area contributed by atoms with Crippen LogP contribution in [0.15, 0.2) is 5.16 Å². The molecule has 2 heterocycles. The SMILES string of the molecule is CC[C@H]1OC(=O)[C@H](C)[C@@H](O[C@H]2C[C@@](C)(OC)[C@@H](O)[C@H](C)O2)[C@H](C)C(=O)[C@](C)(O)C[C@@H](C)/C(=N\OCOCCOC)[C@H](C)[C@@H](O)[C@]1(C)O. The van der Waals surface area contributed by atoms with Crippen LogP contribution in [0.5, 0.6) is 0 Å². The number of ether oxygens (including phenoxy) is 6. The predicted octanol–water partition coefficient (Wildman–Crippen LogP) is 1.97. The van der Waals surface area contributed by atoms with Gasteiger partial charge in [-0.05, 0) is 47.5 Å². The predicted molar refractivity (Wildman–Crippen MR) is 170 cm³/mol. The summed E-state index contributed by atoms with van der Waals surface area (Å²) < 4.78 is 34.0. The van der Waals surface area contributed by atoms with Crippen LogP contribution in [0.2, 0.25) is 0 Å². The quantitative estimate of drug-likeness (QED) is 0.114. The van der Waals surface area contributed by atoms with Crippen LogP contribution in [-0.2, 0) is 42.8 Å². The molecular formula is C33H59NO13. The molecule has 2 saturated heterocycles. The number of aliphatic hydroxyl groups is 4. The van der Waals surface area contributed by atoms with Crippen LogP contribution in [0, 0.1) is 23.7 Å². The number of nitrogens with zero attached hydrogens (tertiary/aromatic N) is 1. The van der Waals surface area contributed by atoms with Gasteiger partial charge in [-0.15, -0.1) is 0 Å². The Bertz CT molecular complexity index is 1050. The van der Waals surface area contributed by atoms with Gasteiger partial charge in [0.1, 0.15) is 23.4 Å². The minimum absolute atomic E-state index is 0.0903. The van der Waals surface area contributed by atoms with Gasteiger partial charge in [0.25, 0.3) is 0 Å². The van der Waals surface area contributed by atoms with Gasteiger partial charge in [-0.1, -0.05) is 32.9 Å². The number of hydrogen-bond acceptors (Lipinski definition) is 14. The molecule has 0 spiro atoms. The van der Waals surface area contributed by atoms with Crippen molar-refractivity contribution in [2.75, 3.05) is 34.2 Å². The molecule has 47 heavy (non-hydrogen) atoms. The van der Waals surface area contributed by atoms with Crippen molar-refractivity contribution in [2.45, 2.75) is 135 Å². The first kappa shape index (κ1) is 41.4. The number of carbonyl (C=O) groups excluding carboxylic acids is 2. The average molecular weight is 678 g/mol. The van der Waals surface area contributed by atoms with E-state index in [0.29, 0.717) is 6.61 Å². The Balaban J connectivity index is 2.57. The summed E-state index contributed by atoms with van der Waals surface area (Å²) in [6.45, 7) is 14.7. The summed E-state index contributed by atoms with van der Waals surface area (Å²) in [5, 5.41) is 49.7. The summed E-state index contributed by atoms with van der Waals surface area (Å²) in [5.74, 6) is -4.99. The third-order valence-electron chi connectivity index (χ3n) is 9.85. The second kappa shape index (κ2) is 17.3. The van der Waals surface area contributed by atoms with E-state index >= 15 is 0 Å². The Morgan fingerprint density at radius 1 is 0.915 bits per heavy atom. The number of esters is 1. The van der Waals surface area contributed by atoms with Crippen molar-refractivity contribution >= 4 is 17.5 Å². The number of carbonyl (C=O) groups is 2. The number of oxime groups is 1. The normalized spacial score (nSPS) is 43.8. The van der Waals surface area contributed by atoms with E-state index in [1.165, 1.54) is 35.0 Å². The molecule has 2 rings (SSSR count). The zero-order valence-corrected chi connectivity index (χ0v) is 29.9. The van der Waals surface area contributed by atoms with E-state index in [1.54, 1.807) is 41.5 Å². The van der Waals surface area contributed by atoms with E-state index in [9.17, 15) is 30.0 Å². The Morgan fingerprint density at radius 3 is 2.13 bits per heavy atom. The van der Waals surface area contributed by atoms with Crippen LogP contribution in [0.25, 0.3) is 0 Å². The summed E-state index contributed by atoms with van der Waals surface area (Å²) >= 11 is 0. The van der Waals surface area contributed by atoms with Crippen LogP contribution in [0.4, 0.5) is 0 Å². The summed E-state index contributed by atoms with van der Waals surface area (Å²) in [6, 6.07) is 0. The molecule has 2 aliphatic heterocycles. The van der Waals surface area contributed by atoms with E-state index in [4.69, 9.17) is 33.3 Å². The third kappa shape index (κ3) is 9.92. The van der Waals surface area contributed by atoms with Crippen LogP contribution in [-0.4, -0.2) is 126 Å². The van der Waals surface area contributed by atoms with Crippen molar-refractivity contribution in [3.8, 4) is 0 Å². The van der Waals surface area contributed by atoms with Crippen molar-refractivity contribution in [3.63, 3.8) is 0 Å². The van der Waals surface area contributed by atoms with Gasteiger partial charge in [0.2, 0.25) is 6.79 Å². The minimum Gasteiger partial charge on any atom is -0.459 e. The van der Waals surface area contributed by atoms with Crippen molar-refractivity contribution in [2.24, 2.45) is 28.8 Å². The first-order valence-corrected chi connectivity index (χ1v) is 16.5. The fourth-order valence-electron chi connectivity index (χ4n) is 6.70. The van der Waals surface area contributed by atoms with Crippen LogP contribution in [0.3, 0.4) is 0 Å². The molecule has 0 unspecified atom stereocenters. The summed E-state index contributed by atoms with van der Waals surface area (Å²) in [4.78, 5) is 33.2. The van der Waals surface area contributed by atoms with Crippen LogP contribution < -0.4 is 0 Å². The smallest absolute Gasteiger partial charge is 0.311 e. The fraction of sp³-hybridized carbons (Fsp3) is 0.909. The maximum absolute atomic E-state index is 14.0. The summed E-state index contributed by atoms with van der Waals surface area (Å²) in [7, 11) is 3.00. The molecule has 0 bridgehead atoms. The number of aliphatic hydroxyl groups excluding tert-OH is 2. The zero-order chi connectivity index (χ0) is 35.9. The highest BCUT2D eigenvalue weighted by atomic mass is 16.7. The maximum Gasteiger partial charge on any atom is 0.311 e. The highest BCUT2D eigenvalue weighted by Crippen LogP contribution is 2.37. The first-order chi connectivity index (χ1) is 21.8. The largest absolute Gasteiger partial charge is 0.459 e. The van der Waals surface area contributed by atoms with E-state index in [0.717, 1.165) is 0 Å². The fourth-order valence-corrected chi connectivity index (χ4v) is 6.70. The van der Waals surface area contributed by atoms with Gasteiger partial charge in [-0.25, -0.2) is 0 Å². The lowest BCUT2D eigenvalue weighted by atomic mass is 9.74. The van der Waals surface area contributed by atoms with Gasteiger partial charge in [0, 0.05) is 38.4 Å². The van der Waals surface area contributed by atoms with Crippen molar-refractivity contribution < 1.29 is 63.3 Å². The molecule has 0 aromatic carbocycles. The molecule has 13 atom stereocenters. The number of hydrogen-bond donors (Lipinski definition) is 4. The number of ketones is 1. The standard InChI is InChI=1S/C33H59NO13/c1-12-23-33(9,40)28(36)19(3)25(34-44-17-43-14-13-41-10)18(2)15-31(7,39)27(35)20(4)26(21(5)30(38)46-23)47-24-16-32(8,42-11)29(37)22(6)45-24/h18-24,26,28-29,36-37,39-40H,12-17H2,1-11H3/b34-25+/t18-,19+,20+,21-,22+,23-,24+,26+,28-,29+,31-,32-,33-/m1/s1. The molecule has 14 nitrogen and oxygen atoms in total. The van der Waals surface area contributed by atoms with Gasteiger partial charge >= 0.3 is 5.97 Å². The van der Waals surface area contributed by atoms with Crippen LogP contribution in [0.1, 0.15) is 81.6 Å². The van der Waals surface area contributed by atoms with Gasteiger partial charge in [-0.3, -0.25) is 9.59 Å². The van der Waals surface area contributed by atoms with Gasteiger partial charge in [0.05, 0.1) is 48.8 Å². The Hall–Kier alpha value is -1.75. The monoisotopic (exact) mass is 677 g/mol. The molecule has 0 radical (unpaired) electrons. The average Bonchev–Trinajstić information content (AvgIpc) is 3.01. The van der Waals surface area contributed by atoms with E-state index in [-0.39, 0.29) is 38.4 Å². The number of rotatable bonds is 10. The summed E-state index contributed by atoms with van der Waals surface area (Å²) in [6.07, 6.45) is -6.32. The molecule has 14 heteroatoms. The van der Waals surface area contributed by atoms with Gasteiger partial charge in [-0.2, -0.15) is 0 Å². The maximum atomic E-state index is 14.0. The first-order valence-electron chi connectivity index (χ1n) is 16.5. The topological polar surface area (TPSA) is 192 Å². The van der Waals surface area contributed by atoms with Crippen molar-refractivity contribution in [1.29, 1.82) is 0 Å². The minimum atomic E-state index is -1.94. The molecular weight excluding hydrogens is 618 g/mol. The number of Topliss-reactive ketones (excluding diaryl/α,β-unsaturated/α-hetero) is 1. The number of cyclic esters (lactones) is 1. The molecule has 0 aliphatic carbocycles. The van der Waals surface area contributed by atoms with Crippen molar-refractivity contribution in [3.05, 3.63) is 0 Å². The Morgan fingerprint density at radius 2 is 1.55 bits per heavy atom. The summed E-state index contributed by atoms with van der Waals surface area (Å²) in [5.41, 5.74) is -4.66. The lowest BCUT2D eigenvalue weighted by molar-refractivity contribution is -0.294. The van der Waals surface area contributed by atoms with E-state index in [1.807, 2.05) is 0 Å². The van der Waals surface area contributed by atoms with Crippen molar-refractivity contribution in [1.82, 2.24) is 0 Å². The van der Waals surface area contributed by atoms with E-state index in [2.05, 4.69) is 5.16 Å². The highest BCUT2D eigenvalue weighted by molar-refractivity contribution is 5.92. The molecule has 0 aromatic heterocycles. The van der Waals surface area contributed by atoms with Crippen LogP contribution >= 0.6 is 0 Å². The Labute approximate surface area is 279 Å². The molecule has 2 aliphatic rings. The van der Waals surface area contributed by atoms with Gasteiger partial charge < -0.3 is 53.7 Å². The molecule has 4 N–H and O–H groups in total. The lowest BCUT2D eigenvalue weighted by Gasteiger charge is -2.46. The van der Waals surface area contributed by atoms with Gasteiger partial charge in [0.15, 0.2) is 12.1 Å².